The van der Waals surface area contributed by atoms with Crippen LogP contribution in [0, 0.1) is 0 Å². The zero-order valence-electron chi connectivity index (χ0n) is 12.4. The number of hydrazone groups is 1. The highest BCUT2D eigenvalue weighted by molar-refractivity contribution is 6.33. The summed E-state index contributed by atoms with van der Waals surface area (Å²) in [5, 5.41) is 4.35. The van der Waals surface area contributed by atoms with Gasteiger partial charge in [0.1, 0.15) is 5.75 Å². The molecule has 0 unspecified atom stereocenters. The van der Waals surface area contributed by atoms with Crippen LogP contribution in [0.1, 0.15) is 29.8 Å². The van der Waals surface area contributed by atoms with Crippen LogP contribution in [0.15, 0.2) is 53.6 Å². The minimum Gasteiger partial charge on any atom is -0.490 e. The Balaban J connectivity index is 2.07. The maximum absolute atomic E-state index is 12.0. The van der Waals surface area contributed by atoms with E-state index in [0.29, 0.717) is 16.3 Å². The first-order valence-corrected chi connectivity index (χ1v) is 7.29. The zero-order valence-corrected chi connectivity index (χ0v) is 13.2. The third kappa shape index (κ3) is 4.33. The molecule has 114 valence electrons. The lowest BCUT2D eigenvalue weighted by atomic mass is 10.2. The summed E-state index contributed by atoms with van der Waals surface area (Å²) < 4.78 is 5.68. The summed E-state index contributed by atoms with van der Waals surface area (Å²) in [7, 11) is 0. The molecule has 2 aromatic carbocycles. The molecule has 1 N–H and O–H groups in total. The molecule has 0 bridgehead atoms. The lowest BCUT2D eigenvalue weighted by molar-refractivity contribution is 0.0955. The van der Waals surface area contributed by atoms with Crippen LogP contribution in [0.3, 0.4) is 0 Å². The first kappa shape index (κ1) is 16.0. The van der Waals surface area contributed by atoms with Crippen LogP contribution in [0.4, 0.5) is 0 Å². The number of rotatable bonds is 5. The third-order valence-corrected chi connectivity index (χ3v) is 3.10. The average molecular weight is 317 g/mol. The fraction of sp³-hybridized carbons (Fsp3) is 0.176. The molecule has 0 fully saturated rings. The summed E-state index contributed by atoms with van der Waals surface area (Å²) in [6.07, 6.45) is 1.61. The highest BCUT2D eigenvalue weighted by atomic mass is 35.5. The molecular weight excluding hydrogens is 300 g/mol. The monoisotopic (exact) mass is 316 g/mol. The molecule has 0 radical (unpaired) electrons. The summed E-state index contributed by atoms with van der Waals surface area (Å²) in [6, 6.07) is 14.3. The molecule has 2 aromatic rings. The average Bonchev–Trinajstić information content (AvgIpc) is 2.49. The predicted molar refractivity (Wildman–Crippen MR) is 88.7 cm³/mol. The topological polar surface area (TPSA) is 50.7 Å². The van der Waals surface area contributed by atoms with Crippen molar-refractivity contribution >= 4 is 23.7 Å². The van der Waals surface area contributed by atoms with Gasteiger partial charge in [-0.2, -0.15) is 5.10 Å². The van der Waals surface area contributed by atoms with E-state index in [1.165, 1.54) is 0 Å². The number of nitrogens with zero attached hydrogens (tertiary/aromatic N) is 1. The Kier molecular flexibility index (Phi) is 5.55. The molecule has 0 saturated heterocycles. The number of halogens is 1. The molecule has 0 aromatic heterocycles. The molecular formula is C17H17ClN2O2. The van der Waals surface area contributed by atoms with Crippen molar-refractivity contribution in [1.82, 2.24) is 5.43 Å². The minimum absolute atomic E-state index is 0.0623. The van der Waals surface area contributed by atoms with Gasteiger partial charge in [-0.15, -0.1) is 0 Å². The van der Waals surface area contributed by atoms with E-state index >= 15 is 0 Å². The molecule has 5 heteroatoms. The number of hydrogen-bond donors (Lipinski definition) is 1. The van der Waals surface area contributed by atoms with Gasteiger partial charge < -0.3 is 4.74 Å². The first-order chi connectivity index (χ1) is 10.6. The van der Waals surface area contributed by atoms with Crippen LogP contribution in [0.5, 0.6) is 5.75 Å². The number of ether oxygens (including phenoxy) is 1. The van der Waals surface area contributed by atoms with E-state index in [1.807, 2.05) is 38.1 Å². The second-order valence-electron chi connectivity index (χ2n) is 4.88. The Morgan fingerprint density at radius 1 is 1.18 bits per heavy atom. The predicted octanol–water partition coefficient (Wildman–Crippen LogP) is 3.89. The maximum atomic E-state index is 12.0. The van der Waals surface area contributed by atoms with Crippen LogP contribution >= 0.6 is 11.6 Å². The number of carbonyl (C=O) groups excluding carboxylic acids is 1. The summed E-state index contributed by atoms with van der Waals surface area (Å²) in [5.74, 6) is 0.359. The van der Waals surface area contributed by atoms with Crippen LogP contribution in [0.25, 0.3) is 0 Å². The van der Waals surface area contributed by atoms with Gasteiger partial charge in [0, 0.05) is 5.56 Å². The zero-order chi connectivity index (χ0) is 15.9. The van der Waals surface area contributed by atoms with Crippen molar-refractivity contribution in [2.45, 2.75) is 20.0 Å². The second-order valence-corrected chi connectivity index (χ2v) is 5.29. The van der Waals surface area contributed by atoms with Crippen molar-refractivity contribution in [2.75, 3.05) is 0 Å². The Morgan fingerprint density at radius 2 is 1.86 bits per heavy atom. The second kappa shape index (κ2) is 7.61. The van der Waals surface area contributed by atoms with Crippen LogP contribution in [-0.4, -0.2) is 18.2 Å². The van der Waals surface area contributed by atoms with Gasteiger partial charge >= 0.3 is 0 Å². The summed E-state index contributed by atoms with van der Waals surface area (Å²) in [6.45, 7) is 3.90. The molecule has 0 spiro atoms. The van der Waals surface area contributed by atoms with Gasteiger partial charge in [-0.1, -0.05) is 35.9 Å². The van der Waals surface area contributed by atoms with E-state index in [1.54, 1.807) is 30.5 Å². The van der Waals surface area contributed by atoms with E-state index in [9.17, 15) is 4.79 Å². The van der Waals surface area contributed by atoms with Crippen LogP contribution in [0.2, 0.25) is 5.02 Å². The van der Waals surface area contributed by atoms with E-state index in [2.05, 4.69) is 10.5 Å². The molecule has 2 rings (SSSR count). The molecule has 0 saturated carbocycles. The van der Waals surface area contributed by atoms with E-state index in [-0.39, 0.29) is 12.0 Å². The lowest BCUT2D eigenvalue weighted by Crippen LogP contribution is -2.18. The van der Waals surface area contributed by atoms with E-state index in [4.69, 9.17) is 16.3 Å². The maximum Gasteiger partial charge on any atom is 0.272 e. The molecule has 22 heavy (non-hydrogen) atoms. The number of hydrogen-bond acceptors (Lipinski definition) is 3. The van der Waals surface area contributed by atoms with Gasteiger partial charge in [0.15, 0.2) is 0 Å². The molecule has 4 nitrogen and oxygen atoms in total. The molecule has 0 atom stereocenters. The van der Waals surface area contributed by atoms with Crippen molar-refractivity contribution in [2.24, 2.45) is 5.10 Å². The molecule has 0 heterocycles. The Morgan fingerprint density at radius 3 is 2.59 bits per heavy atom. The fourth-order valence-electron chi connectivity index (χ4n) is 1.81. The number of nitrogens with one attached hydrogen (secondary N) is 1. The largest absolute Gasteiger partial charge is 0.490 e. The van der Waals surface area contributed by atoms with Gasteiger partial charge in [0.2, 0.25) is 0 Å². The Bertz CT molecular complexity index is 684. The standard InChI is InChI=1S/C17H17ClN2O2/c1-12(2)22-16-10-6-3-7-13(16)11-19-20-17(21)14-8-4-5-9-15(14)18/h3-12H,1-2H3,(H,20,21)/b19-11-. The summed E-state index contributed by atoms with van der Waals surface area (Å²) >= 11 is 5.96. The van der Waals surface area contributed by atoms with Crippen molar-refractivity contribution in [3.8, 4) is 5.75 Å². The number of benzene rings is 2. The van der Waals surface area contributed by atoms with Crippen molar-refractivity contribution in [3.05, 3.63) is 64.7 Å². The quantitative estimate of drug-likeness (QED) is 0.672. The molecule has 0 aliphatic carbocycles. The highest BCUT2D eigenvalue weighted by Gasteiger charge is 2.08. The van der Waals surface area contributed by atoms with Gasteiger partial charge in [-0.05, 0) is 38.1 Å². The van der Waals surface area contributed by atoms with Crippen molar-refractivity contribution < 1.29 is 9.53 Å². The molecule has 0 aliphatic heterocycles. The van der Waals surface area contributed by atoms with Gasteiger partial charge in [-0.3, -0.25) is 4.79 Å². The van der Waals surface area contributed by atoms with E-state index in [0.717, 1.165) is 5.56 Å². The number of amides is 1. The van der Waals surface area contributed by atoms with E-state index < -0.39 is 0 Å². The summed E-state index contributed by atoms with van der Waals surface area (Å²) in [4.78, 5) is 12.0. The first-order valence-electron chi connectivity index (χ1n) is 6.91. The van der Waals surface area contributed by atoms with Gasteiger partial charge in [0.25, 0.3) is 5.91 Å². The minimum atomic E-state index is -0.357. The molecule has 0 aliphatic rings. The Labute approximate surface area is 134 Å². The smallest absolute Gasteiger partial charge is 0.272 e. The molecule has 1 amide bonds. The van der Waals surface area contributed by atoms with Crippen LogP contribution < -0.4 is 10.2 Å². The fourth-order valence-corrected chi connectivity index (χ4v) is 2.04. The van der Waals surface area contributed by atoms with Crippen LogP contribution in [-0.2, 0) is 0 Å². The van der Waals surface area contributed by atoms with Crippen molar-refractivity contribution in [1.29, 1.82) is 0 Å². The Hall–Kier alpha value is -2.33. The number of carbonyl (C=O) groups is 1. The third-order valence-electron chi connectivity index (χ3n) is 2.77. The SMILES string of the molecule is CC(C)Oc1ccccc1/C=N\NC(=O)c1ccccc1Cl. The number of para-hydroxylation sites is 1. The highest BCUT2D eigenvalue weighted by Crippen LogP contribution is 2.17. The lowest BCUT2D eigenvalue weighted by Gasteiger charge is -2.11. The van der Waals surface area contributed by atoms with Gasteiger partial charge in [0.05, 0.1) is 22.9 Å². The van der Waals surface area contributed by atoms with Crippen molar-refractivity contribution in [3.63, 3.8) is 0 Å². The van der Waals surface area contributed by atoms with Gasteiger partial charge in [-0.25, -0.2) is 5.43 Å². The summed E-state index contributed by atoms with van der Waals surface area (Å²) in [5.41, 5.74) is 3.63. The normalized spacial score (nSPS) is 10.9.